The van der Waals surface area contributed by atoms with Gasteiger partial charge in [-0.2, -0.15) is 0 Å². The predicted octanol–water partition coefficient (Wildman–Crippen LogP) is 3.24. The Morgan fingerprint density at radius 1 is 0.844 bits per heavy atom. The third kappa shape index (κ3) is 7.43. The van der Waals surface area contributed by atoms with Crippen LogP contribution in [-0.2, 0) is 22.6 Å². The van der Waals surface area contributed by atoms with E-state index in [-0.39, 0.29) is 24.9 Å². The number of hydrogen-bond acceptors (Lipinski definition) is 4. The molecule has 3 rings (SSSR count). The van der Waals surface area contributed by atoms with Crippen molar-refractivity contribution in [3.05, 3.63) is 95.8 Å². The average Bonchev–Trinajstić information content (AvgIpc) is 2.81. The average molecular weight is 436 g/mol. The van der Waals surface area contributed by atoms with Crippen molar-refractivity contribution in [2.45, 2.75) is 13.0 Å². The molecule has 1 unspecified atom stereocenters. The molecule has 32 heavy (non-hydrogen) atoms. The van der Waals surface area contributed by atoms with E-state index in [0.717, 1.165) is 11.1 Å². The summed E-state index contributed by atoms with van der Waals surface area (Å²) in [7, 11) is 0. The van der Waals surface area contributed by atoms with Crippen molar-refractivity contribution in [1.29, 1.82) is 0 Å². The lowest BCUT2D eigenvalue weighted by molar-refractivity contribution is -0.124. The standard InChI is InChI=1S/C25H25FN2O4/c26-21-8-6-18(7-9-21)14-20(25(27)30)15-28-24(29)17-32-23-12-10-22(11-13-23)31-16-19-4-2-1-3-5-19/h1-13,20H,14-17H2,(H2,27,30)(H,28,29). The number of nitrogens with two attached hydrogens (primary N) is 1. The molecule has 0 aliphatic carbocycles. The zero-order valence-electron chi connectivity index (χ0n) is 17.5. The number of amides is 2. The highest BCUT2D eigenvalue weighted by Gasteiger charge is 2.17. The van der Waals surface area contributed by atoms with E-state index in [1.165, 1.54) is 12.1 Å². The first-order chi connectivity index (χ1) is 15.5. The SMILES string of the molecule is NC(=O)C(CNC(=O)COc1ccc(OCc2ccccc2)cc1)Cc1ccc(F)cc1. The van der Waals surface area contributed by atoms with Crippen molar-refractivity contribution >= 4 is 11.8 Å². The Hall–Kier alpha value is -3.87. The molecule has 3 aromatic rings. The molecule has 1 atom stereocenters. The summed E-state index contributed by atoms with van der Waals surface area (Å²) in [4.78, 5) is 23.8. The highest BCUT2D eigenvalue weighted by atomic mass is 19.1. The topological polar surface area (TPSA) is 90.7 Å². The molecule has 3 N–H and O–H groups in total. The van der Waals surface area contributed by atoms with Gasteiger partial charge in [-0.05, 0) is 53.9 Å². The van der Waals surface area contributed by atoms with E-state index < -0.39 is 11.8 Å². The summed E-state index contributed by atoms with van der Waals surface area (Å²) < 4.78 is 24.2. The zero-order valence-corrected chi connectivity index (χ0v) is 17.5. The van der Waals surface area contributed by atoms with Crippen molar-refractivity contribution < 1.29 is 23.5 Å². The van der Waals surface area contributed by atoms with Crippen LogP contribution in [0.1, 0.15) is 11.1 Å². The Labute approximate surface area is 186 Å². The number of halogens is 1. The number of carbonyl (C=O) groups is 2. The molecule has 0 aromatic heterocycles. The lowest BCUT2D eigenvalue weighted by Gasteiger charge is -2.15. The fourth-order valence-electron chi connectivity index (χ4n) is 2.99. The Balaban J connectivity index is 1.41. The van der Waals surface area contributed by atoms with Crippen LogP contribution in [0.4, 0.5) is 4.39 Å². The molecular weight excluding hydrogens is 411 g/mol. The van der Waals surface area contributed by atoms with Gasteiger partial charge in [0.15, 0.2) is 6.61 Å². The van der Waals surface area contributed by atoms with Gasteiger partial charge in [-0.25, -0.2) is 4.39 Å². The van der Waals surface area contributed by atoms with E-state index in [0.29, 0.717) is 24.5 Å². The molecule has 7 heteroatoms. The minimum atomic E-state index is -0.606. The molecule has 0 saturated heterocycles. The molecule has 0 heterocycles. The van der Waals surface area contributed by atoms with E-state index in [2.05, 4.69) is 5.32 Å². The highest BCUT2D eigenvalue weighted by Crippen LogP contribution is 2.18. The number of nitrogens with one attached hydrogen (secondary N) is 1. The third-order valence-electron chi connectivity index (χ3n) is 4.79. The van der Waals surface area contributed by atoms with E-state index in [9.17, 15) is 14.0 Å². The molecule has 2 amide bonds. The molecule has 0 aliphatic rings. The molecule has 3 aromatic carbocycles. The Morgan fingerprint density at radius 2 is 1.47 bits per heavy atom. The van der Waals surface area contributed by atoms with Crippen molar-refractivity contribution in [3.8, 4) is 11.5 Å². The van der Waals surface area contributed by atoms with Gasteiger partial charge in [-0.3, -0.25) is 9.59 Å². The molecule has 6 nitrogen and oxygen atoms in total. The zero-order chi connectivity index (χ0) is 22.8. The van der Waals surface area contributed by atoms with Crippen LogP contribution in [0.3, 0.4) is 0 Å². The number of carbonyl (C=O) groups excluding carboxylic acids is 2. The summed E-state index contributed by atoms with van der Waals surface area (Å²) in [6.07, 6.45) is 0.307. The van der Waals surface area contributed by atoms with Gasteiger partial charge in [0, 0.05) is 6.54 Å². The molecule has 0 bridgehead atoms. The van der Waals surface area contributed by atoms with E-state index in [1.807, 2.05) is 30.3 Å². The van der Waals surface area contributed by atoms with Crippen LogP contribution in [0.15, 0.2) is 78.9 Å². The van der Waals surface area contributed by atoms with E-state index in [1.54, 1.807) is 36.4 Å². The van der Waals surface area contributed by atoms with Gasteiger partial charge >= 0.3 is 0 Å². The molecule has 0 aliphatic heterocycles. The quantitative estimate of drug-likeness (QED) is 0.483. The largest absolute Gasteiger partial charge is 0.489 e. The summed E-state index contributed by atoms with van der Waals surface area (Å²) >= 11 is 0. The molecule has 0 saturated carbocycles. The number of primary amides is 1. The number of ether oxygens (including phenoxy) is 2. The van der Waals surface area contributed by atoms with Crippen molar-refractivity contribution in [1.82, 2.24) is 5.32 Å². The Morgan fingerprint density at radius 3 is 2.09 bits per heavy atom. The van der Waals surface area contributed by atoms with Gasteiger partial charge in [0.25, 0.3) is 5.91 Å². The number of rotatable bonds is 11. The van der Waals surface area contributed by atoms with Gasteiger partial charge in [0.2, 0.25) is 5.91 Å². The second kappa shape index (κ2) is 11.5. The van der Waals surface area contributed by atoms with Crippen LogP contribution < -0.4 is 20.5 Å². The molecule has 166 valence electrons. The molecule has 0 fully saturated rings. The smallest absolute Gasteiger partial charge is 0.257 e. The first-order valence-corrected chi connectivity index (χ1v) is 10.2. The number of hydrogen-bond donors (Lipinski definition) is 2. The molecule has 0 radical (unpaired) electrons. The molecule has 0 spiro atoms. The summed E-state index contributed by atoms with van der Waals surface area (Å²) in [6, 6.07) is 22.6. The van der Waals surface area contributed by atoms with Crippen LogP contribution in [-0.4, -0.2) is 25.0 Å². The minimum Gasteiger partial charge on any atom is -0.489 e. The predicted molar refractivity (Wildman–Crippen MR) is 119 cm³/mol. The number of benzene rings is 3. The molecular formula is C25H25FN2O4. The van der Waals surface area contributed by atoms with Crippen molar-refractivity contribution in [2.75, 3.05) is 13.2 Å². The minimum absolute atomic E-state index is 0.0706. The van der Waals surface area contributed by atoms with Crippen molar-refractivity contribution in [3.63, 3.8) is 0 Å². The van der Waals surface area contributed by atoms with Crippen LogP contribution in [0.25, 0.3) is 0 Å². The lowest BCUT2D eigenvalue weighted by Crippen LogP contribution is -2.39. The van der Waals surface area contributed by atoms with Crippen molar-refractivity contribution in [2.24, 2.45) is 11.7 Å². The van der Waals surface area contributed by atoms with Crippen LogP contribution in [0.2, 0.25) is 0 Å². The maximum Gasteiger partial charge on any atom is 0.257 e. The maximum absolute atomic E-state index is 13.0. The first kappa shape index (κ1) is 22.8. The Kier molecular flexibility index (Phi) is 8.20. The monoisotopic (exact) mass is 436 g/mol. The maximum atomic E-state index is 13.0. The van der Waals surface area contributed by atoms with Gasteiger partial charge in [0.05, 0.1) is 5.92 Å². The van der Waals surface area contributed by atoms with Gasteiger partial charge in [-0.15, -0.1) is 0 Å². The summed E-state index contributed by atoms with van der Waals surface area (Å²) in [6.45, 7) is 0.329. The highest BCUT2D eigenvalue weighted by molar-refractivity contribution is 5.80. The van der Waals surface area contributed by atoms with Crippen LogP contribution in [0, 0.1) is 11.7 Å². The second-order valence-corrected chi connectivity index (χ2v) is 7.27. The third-order valence-corrected chi connectivity index (χ3v) is 4.79. The van der Waals surface area contributed by atoms with Crippen LogP contribution >= 0.6 is 0 Å². The lowest BCUT2D eigenvalue weighted by atomic mass is 9.98. The van der Waals surface area contributed by atoms with Crippen LogP contribution in [0.5, 0.6) is 11.5 Å². The summed E-state index contributed by atoms with van der Waals surface area (Å²) in [5.41, 5.74) is 7.26. The Bertz CT molecular complexity index is 1010. The van der Waals surface area contributed by atoms with Gasteiger partial charge < -0.3 is 20.5 Å². The second-order valence-electron chi connectivity index (χ2n) is 7.27. The fourth-order valence-corrected chi connectivity index (χ4v) is 2.99. The fraction of sp³-hybridized carbons (Fsp3) is 0.200. The van der Waals surface area contributed by atoms with E-state index in [4.69, 9.17) is 15.2 Å². The first-order valence-electron chi connectivity index (χ1n) is 10.2. The van der Waals surface area contributed by atoms with E-state index >= 15 is 0 Å². The van der Waals surface area contributed by atoms with Gasteiger partial charge in [0.1, 0.15) is 23.9 Å². The summed E-state index contributed by atoms with van der Waals surface area (Å²) in [5, 5.41) is 2.65. The summed E-state index contributed by atoms with van der Waals surface area (Å²) in [5.74, 6) is -0.668. The normalized spacial score (nSPS) is 11.4. The van der Waals surface area contributed by atoms with Gasteiger partial charge in [-0.1, -0.05) is 42.5 Å².